The molecule has 0 radical (unpaired) electrons. The molecule has 0 bridgehead atoms. The van der Waals surface area contributed by atoms with Gasteiger partial charge in [-0.25, -0.2) is 62.8 Å². The number of carbonyl (C=O) groups is 8. The average molecular weight is 1650 g/mol. The monoisotopic (exact) mass is 1650 g/mol. The number of nitrogen functional groups attached to an aromatic ring is 1. The fourth-order valence-corrected chi connectivity index (χ4v) is 10.2. The SMILES string of the molecule is CON(C)C(=O)c1cnc(Cl)cc1Cl.CON(C)C(=O)c1cnc(NC(=O)C2CC2)cc1Cl.COc1c(-c2ncn(C)n2)ccnc1N.COc1c(-c2ncn(C)n2)ccnc1Nc1cc(NC(=O)C2CC2)ncc1C(=O)C1CC1.NC(=O)C1CC1.O=C(Nc1cc(Cl)c(C(=O)C2CC2)cn1)C1CC1.[Br-].[CH-]1CC1.[Mg+2]. The third-order valence-electron chi connectivity index (χ3n) is 16.5. The number of Topliss-reactive ketones (excluding diaryl/α,β-unsaturated/α-hetero) is 2. The van der Waals surface area contributed by atoms with E-state index in [4.69, 9.17) is 77.0 Å². The van der Waals surface area contributed by atoms with Crippen molar-refractivity contribution in [3.05, 3.63) is 135 Å². The van der Waals surface area contributed by atoms with E-state index in [2.05, 4.69) is 77.8 Å². The number of halogens is 5. The molecular weight excluding hydrogens is 1570 g/mol. The molecule has 7 aliphatic carbocycles. The summed E-state index contributed by atoms with van der Waals surface area (Å²) in [7, 11) is 12.4. The normalized spacial score (nSPS) is 14.5. The van der Waals surface area contributed by atoms with Crippen molar-refractivity contribution in [2.45, 2.75) is 89.9 Å². The zero-order chi connectivity index (χ0) is 77.2. The molecule has 0 saturated heterocycles. The summed E-state index contributed by atoms with van der Waals surface area (Å²) in [6, 6.07) is 9.62. The van der Waals surface area contributed by atoms with Gasteiger partial charge in [-0.15, -0.1) is 0 Å². The first kappa shape index (κ1) is 87.1. The molecule has 8 heterocycles. The van der Waals surface area contributed by atoms with E-state index in [1.165, 1.54) is 78.1 Å². The largest absolute Gasteiger partial charge is 2.00 e. The number of primary amides is 1. The Morgan fingerprint density at radius 3 is 1.24 bits per heavy atom. The number of ether oxygens (including phenoxy) is 2. The number of nitrogens with two attached hydrogens (primary N) is 2. The number of hydrogen-bond donors (Lipinski definition) is 6. The van der Waals surface area contributed by atoms with Gasteiger partial charge in [0.15, 0.2) is 46.4 Å². The van der Waals surface area contributed by atoms with E-state index in [1.807, 2.05) is 0 Å². The Morgan fingerprint density at radius 2 is 0.881 bits per heavy atom. The number of aromatic nitrogens is 12. The number of nitrogens with zero attached hydrogens (tertiary/aromatic N) is 14. The average Bonchev–Trinajstić information content (AvgIpc) is 0.835. The topological polar surface area (TPSA) is 419 Å². The molecule has 38 heteroatoms. The van der Waals surface area contributed by atoms with Gasteiger partial charge in [-0.1, -0.05) is 46.4 Å². The van der Waals surface area contributed by atoms with Crippen molar-refractivity contribution in [2.24, 2.45) is 55.3 Å². The fourth-order valence-electron chi connectivity index (χ4n) is 9.28. The van der Waals surface area contributed by atoms with E-state index in [1.54, 1.807) is 87.0 Å². The van der Waals surface area contributed by atoms with Crippen LogP contribution in [0.5, 0.6) is 11.5 Å². The van der Waals surface area contributed by atoms with Crippen molar-refractivity contribution in [3.63, 3.8) is 0 Å². The van der Waals surface area contributed by atoms with Crippen molar-refractivity contribution < 1.29 is 74.5 Å². The molecule has 7 saturated carbocycles. The molecule has 7 fully saturated rings. The molecule has 109 heavy (non-hydrogen) atoms. The molecule has 8 aromatic rings. The van der Waals surface area contributed by atoms with Crippen LogP contribution in [-0.2, 0) is 42.9 Å². The summed E-state index contributed by atoms with van der Waals surface area (Å²) in [6.45, 7) is 0. The van der Waals surface area contributed by atoms with E-state index < -0.39 is 5.91 Å². The molecule has 0 aliphatic heterocycles. The maximum Gasteiger partial charge on any atom is 2.00 e. The minimum atomic E-state index is -0.403. The Kier molecular flexibility index (Phi) is 32.8. The van der Waals surface area contributed by atoms with Crippen molar-refractivity contribution in [2.75, 3.05) is 69.5 Å². The van der Waals surface area contributed by atoms with Crippen LogP contribution in [0.4, 0.5) is 34.8 Å². The second kappa shape index (κ2) is 41.1. The Bertz CT molecular complexity index is 4550. The van der Waals surface area contributed by atoms with Gasteiger partial charge in [0.1, 0.15) is 35.3 Å². The summed E-state index contributed by atoms with van der Waals surface area (Å²) >= 11 is 23.5. The summed E-state index contributed by atoms with van der Waals surface area (Å²) < 4.78 is 14.0. The van der Waals surface area contributed by atoms with Gasteiger partial charge in [-0.05, 0) is 95.2 Å². The predicted molar refractivity (Wildman–Crippen MR) is 404 cm³/mol. The molecule has 15 rings (SSSR count). The first-order chi connectivity index (χ1) is 51.3. The van der Waals surface area contributed by atoms with Gasteiger partial charge >= 0.3 is 23.1 Å². The first-order valence-corrected chi connectivity index (χ1v) is 35.5. The van der Waals surface area contributed by atoms with Crippen molar-refractivity contribution in [1.29, 1.82) is 0 Å². The van der Waals surface area contributed by atoms with Crippen molar-refractivity contribution in [3.8, 4) is 34.3 Å². The van der Waals surface area contributed by atoms with E-state index in [-0.39, 0.29) is 143 Å². The van der Waals surface area contributed by atoms with Crippen LogP contribution in [0.15, 0.2) is 86.2 Å². The summed E-state index contributed by atoms with van der Waals surface area (Å²) in [4.78, 5) is 136. The molecule has 7 aliphatic rings. The van der Waals surface area contributed by atoms with Gasteiger partial charge in [0, 0.05) is 119 Å². The molecule has 0 spiro atoms. The van der Waals surface area contributed by atoms with E-state index >= 15 is 0 Å². The maximum atomic E-state index is 12.9. The van der Waals surface area contributed by atoms with E-state index in [9.17, 15) is 38.4 Å². The number of carbonyl (C=O) groups excluding carboxylic acids is 8. The summed E-state index contributed by atoms with van der Waals surface area (Å²) in [6.07, 6.45) is 28.2. The van der Waals surface area contributed by atoms with E-state index in [0.29, 0.717) is 79.6 Å². The number of methoxy groups -OCH3 is 2. The molecule has 6 amide bonds. The molecule has 574 valence electrons. The Hall–Kier alpha value is -9.13. The molecule has 0 unspecified atom stereocenters. The van der Waals surface area contributed by atoms with Gasteiger partial charge in [-0.3, -0.25) is 57.4 Å². The Labute approximate surface area is 674 Å². The number of hydrogen-bond acceptors (Lipinski definition) is 24. The van der Waals surface area contributed by atoms with Gasteiger partial charge in [-0.2, -0.15) is 10.2 Å². The standard InChI is InChI=1S/C22H23N7O3.C13H13ClN2O2.C12H14ClN3O3.C9H11N5O.C8H8Cl2N2O2.C4H7NO.C3H5.BrH.Mg/c1-29-11-25-20(28-29)14-7-8-23-21(19(14)32-2)26-16-9-17(27-22(31)13-5-6-13)24-10-15(16)18(30)12-3-4-12;14-10-5-11(16-13(18)8-3-4-8)15-6-9(10)12(17)7-1-2-7;1-16(19-2)12(18)8-6-14-10(5-9(8)13)15-11(17)7-3-4-7;1-14-5-12-9(13-14)6-3-4-11-8(10)7(6)15-2;1-12(14-2)8(13)5-4-11-7(10)3-6(5)9;5-4(6)3-1-2-3;1-2-3-1;;/h7-13H,3-6H2,1-2H3,(H2,23,24,26,27,31);5-8H,1-4H2,(H,15,16,18);5-7H,3-4H2,1-2H3,(H,14,15,17);3-5H,1-2H3,(H2,10,11);3-4H,1-2H3;3H,1-2H2,(H2,5,6);1H,2-3H2;1H;/q;;;;;;-1;;+2/p-1. The van der Waals surface area contributed by atoms with Crippen LogP contribution in [-0.4, -0.2) is 182 Å². The van der Waals surface area contributed by atoms with Crippen LogP contribution in [0.3, 0.4) is 0 Å². The number of aryl methyl sites for hydroxylation is 2. The van der Waals surface area contributed by atoms with Crippen LogP contribution in [0.25, 0.3) is 22.8 Å². The zero-order valence-electron chi connectivity index (χ0n) is 60.9. The molecule has 32 nitrogen and oxygen atoms in total. The number of ketones is 2. The molecule has 8 aromatic heterocycles. The number of rotatable bonds is 21. The van der Waals surface area contributed by atoms with Crippen LogP contribution < -0.4 is 59.2 Å². The number of pyridine rings is 6. The van der Waals surface area contributed by atoms with Crippen molar-refractivity contribution >= 4 is 151 Å². The van der Waals surface area contributed by atoms with Crippen LogP contribution in [0.2, 0.25) is 20.2 Å². The molecule has 0 atom stereocenters. The third-order valence-corrected chi connectivity index (χ3v) is 17.6. The number of anilines is 6. The fraction of sp³-hybridized carbons (Fsp3) is 0.394. The number of hydroxylamine groups is 4. The summed E-state index contributed by atoms with van der Waals surface area (Å²) in [5.74, 6) is 3.62. The first-order valence-electron chi connectivity index (χ1n) is 34.0. The molecule has 8 N–H and O–H groups in total. The second-order valence-corrected chi connectivity index (χ2v) is 27.0. The number of amides is 6. The van der Waals surface area contributed by atoms with Crippen LogP contribution in [0.1, 0.15) is 131 Å². The van der Waals surface area contributed by atoms with Gasteiger partial charge in [0.05, 0.1) is 82.6 Å². The summed E-state index contributed by atoms with van der Waals surface area (Å²) in [5, 5.41) is 23.1. The molecule has 0 aromatic carbocycles. The van der Waals surface area contributed by atoms with Gasteiger partial charge in [0.2, 0.25) is 23.6 Å². The maximum absolute atomic E-state index is 12.9. The third kappa shape index (κ3) is 26.3. The van der Waals surface area contributed by atoms with Gasteiger partial charge < -0.3 is 65.6 Å². The van der Waals surface area contributed by atoms with Crippen molar-refractivity contribution in [1.82, 2.24) is 69.6 Å². The Morgan fingerprint density at radius 1 is 0.505 bits per heavy atom. The second-order valence-electron chi connectivity index (χ2n) is 25.4. The van der Waals surface area contributed by atoms with Crippen LogP contribution in [0, 0.1) is 41.9 Å². The summed E-state index contributed by atoms with van der Waals surface area (Å²) in [5.41, 5.74) is 13.8. The smallest absolute Gasteiger partial charge is 1.00 e. The zero-order valence-corrected chi connectivity index (χ0v) is 67.0. The minimum Gasteiger partial charge on any atom is -1.00 e. The van der Waals surface area contributed by atoms with E-state index in [0.717, 1.165) is 92.7 Å². The van der Waals surface area contributed by atoms with Crippen LogP contribution >= 0.6 is 46.4 Å². The quantitative estimate of drug-likeness (QED) is 0.0135. The minimum absolute atomic E-state index is 0. The Balaban J connectivity index is 0.000000189. The van der Waals surface area contributed by atoms with Gasteiger partial charge in [0.25, 0.3) is 11.8 Å². The number of nitrogens with one attached hydrogen (secondary N) is 4. The molecular formula is C71H81BrCl4MgN20O12. The predicted octanol–water partition coefficient (Wildman–Crippen LogP) is 7.34.